The number of aryl methyl sites for hydroxylation is 1. The molecule has 0 radical (unpaired) electrons. The largest absolute Gasteiger partial charge is 0.384 e. The molecule has 1 saturated heterocycles. The number of anilines is 1. The van der Waals surface area contributed by atoms with E-state index in [1.807, 2.05) is 25.2 Å². The highest BCUT2D eigenvalue weighted by molar-refractivity contribution is 5.96. The van der Waals surface area contributed by atoms with E-state index in [0.717, 1.165) is 36.1 Å². The van der Waals surface area contributed by atoms with Crippen molar-refractivity contribution in [2.24, 2.45) is 0 Å². The van der Waals surface area contributed by atoms with Crippen LogP contribution in [0.4, 0.5) is 5.69 Å². The average molecular weight is 357 g/mol. The zero-order valence-corrected chi connectivity index (χ0v) is 15.2. The quantitative estimate of drug-likeness (QED) is 0.836. The predicted octanol–water partition coefficient (Wildman–Crippen LogP) is 2.34. The highest BCUT2D eigenvalue weighted by Crippen LogP contribution is 2.35. The first kappa shape index (κ1) is 17.2. The average Bonchev–Trinajstić information content (AvgIpc) is 3.16. The molecule has 2 aliphatic rings. The second-order valence-electron chi connectivity index (χ2n) is 7.05. The van der Waals surface area contributed by atoms with Crippen molar-refractivity contribution in [1.29, 1.82) is 0 Å². The molecule has 138 valence electrons. The van der Waals surface area contributed by atoms with Crippen LogP contribution in [0.2, 0.25) is 0 Å². The number of ether oxygens (including phenoxy) is 2. The Bertz CT molecular complexity index is 805. The Balaban J connectivity index is 1.65. The van der Waals surface area contributed by atoms with Gasteiger partial charge in [-0.3, -0.25) is 4.79 Å². The number of hydrogen-bond acceptors (Lipinski definition) is 6. The van der Waals surface area contributed by atoms with Crippen molar-refractivity contribution in [3.8, 4) is 11.5 Å². The van der Waals surface area contributed by atoms with Gasteiger partial charge in [-0.05, 0) is 43.0 Å². The fourth-order valence-electron chi connectivity index (χ4n) is 3.82. The monoisotopic (exact) mass is 357 g/mol. The third-order valence-corrected chi connectivity index (χ3v) is 5.44. The van der Waals surface area contributed by atoms with E-state index in [2.05, 4.69) is 10.1 Å². The van der Waals surface area contributed by atoms with Crippen molar-refractivity contribution in [1.82, 2.24) is 10.1 Å². The Morgan fingerprint density at radius 1 is 1.27 bits per heavy atom. The zero-order chi connectivity index (χ0) is 18.1. The van der Waals surface area contributed by atoms with Gasteiger partial charge in [0.25, 0.3) is 5.89 Å². The predicted molar refractivity (Wildman–Crippen MR) is 95.1 cm³/mol. The van der Waals surface area contributed by atoms with Gasteiger partial charge in [-0.1, -0.05) is 5.16 Å². The number of aromatic nitrogens is 2. The van der Waals surface area contributed by atoms with Gasteiger partial charge in [0.15, 0.2) is 5.82 Å². The van der Waals surface area contributed by atoms with Crippen LogP contribution in [0.25, 0.3) is 11.5 Å². The second kappa shape index (κ2) is 6.81. The van der Waals surface area contributed by atoms with Crippen LogP contribution in [0.1, 0.15) is 30.7 Å². The smallest absolute Gasteiger partial charge is 0.257 e. The number of hydrogen-bond donors (Lipinski definition) is 0. The highest BCUT2D eigenvalue weighted by Gasteiger charge is 2.39. The number of amides is 1. The Kier molecular flexibility index (Phi) is 4.50. The lowest BCUT2D eigenvalue weighted by Crippen LogP contribution is -2.39. The summed E-state index contributed by atoms with van der Waals surface area (Å²) in [7, 11) is 3.50. The molecule has 4 rings (SSSR count). The molecule has 7 heteroatoms. The summed E-state index contributed by atoms with van der Waals surface area (Å²) in [6.07, 6.45) is 2.89. The van der Waals surface area contributed by atoms with E-state index in [0.29, 0.717) is 38.0 Å². The number of fused-ring (bicyclic) bond motifs is 1. The summed E-state index contributed by atoms with van der Waals surface area (Å²) < 4.78 is 16.5. The molecule has 2 aliphatic heterocycles. The van der Waals surface area contributed by atoms with Crippen LogP contribution >= 0.6 is 0 Å². The lowest BCUT2D eigenvalue weighted by molar-refractivity contribution is -0.118. The number of benzene rings is 1. The van der Waals surface area contributed by atoms with E-state index >= 15 is 0 Å². The van der Waals surface area contributed by atoms with Crippen LogP contribution < -0.4 is 4.90 Å². The molecule has 0 aliphatic carbocycles. The summed E-state index contributed by atoms with van der Waals surface area (Å²) in [5.41, 5.74) is 2.70. The van der Waals surface area contributed by atoms with E-state index < -0.39 is 0 Å². The highest BCUT2D eigenvalue weighted by atomic mass is 16.5. The maximum Gasteiger partial charge on any atom is 0.257 e. The molecule has 1 aromatic heterocycles. The normalized spacial score (nSPS) is 19.5. The van der Waals surface area contributed by atoms with E-state index in [-0.39, 0.29) is 11.3 Å². The molecule has 0 unspecified atom stereocenters. The Hall–Kier alpha value is -2.25. The van der Waals surface area contributed by atoms with Gasteiger partial charge in [0.2, 0.25) is 5.91 Å². The van der Waals surface area contributed by atoms with Gasteiger partial charge in [0.05, 0.1) is 12.0 Å². The lowest BCUT2D eigenvalue weighted by atomic mass is 9.80. The molecule has 3 heterocycles. The zero-order valence-electron chi connectivity index (χ0n) is 15.2. The fourth-order valence-corrected chi connectivity index (χ4v) is 3.82. The maximum atomic E-state index is 11.9. The molecule has 0 spiro atoms. The van der Waals surface area contributed by atoms with Crippen molar-refractivity contribution in [2.75, 3.05) is 38.9 Å². The molecular weight excluding hydrogens is 334 g/mol. The fraction of sp³-hybridized carbons (Fsp3) is 0.526. The first-order valence-electron chi connectivity index (χ1n) is 8.94. The van der Waals surface area contributed by atoms with E-state index in [9.17, 15) is 4.79 Å². The molecule has 0 saturated carbocycles. The van der Waals surface area contributed by atoms with Crippen LogP contribution in [0.3, 0.4) is 0 Å². The third-order valence-electron chi connectivity index (χ3n) is 5.44. The first-order chi connectivity index (χ1) is 12.6. The molecule has 1 fully saturated rings. The van der Waals surface area contributed by atoms with Crippen molar-refractivity contribution >= 4 is 11.6 Å². The van der Waals surface area contributed by atoms with Gasteiger partial charge in [-0.2, -0.15) is 4.98 Å². The molecule has 1 aromatic carbocycles. The van der Waals surface area contributed by atoms with Crippen LogP contribution in [0.15, 0.2) is 22.7 Å². The Morgan fingerprint density at radius 2 is 2.08 bits per heavy atom. The van der Waals surface area contributed by atoms with Gasteiger partial charge in [0.1, 0.15) is 0 Å². The molecular formula is C19H23N3O4. The minimum atomic E-state index is -0.254. The van der Waals surface area contributed by atoms with Gasteiger partial charge in [-0.25, -0.2) is 0 Å². The molecule has 0 bridgehead atoms. The van der Waals surface area contributed by atoms with Gasteiger partial charge in [0, 0.05) is 45.0 Å². The molecule has 26 heavy (non-hydrogen) atoms. The molecule has 0 atom stereocenters. The van der Waals surface area contributed by atoms with Crippen molar-refractivity contribution in [3.63, 3.8) is 0 Å². The minimum Gasteiger partial charge on any atom is -0.384 e. The van der Waals surface area contributed by atoms with Crippen LogP contribution in [0, 0.1) is 0 Å². The summed E-state index contributed by atoms with van der Waals surface area (Å²) in [6.45, 7) is 1.89. The first-order valence-corrected chi connectivity index (χ1v) is 8.94. The topological polar surface area (TPSA) is 77.7 Å². The number of methoxy groups -OCH3 is 1. The number of carbonyl (C=O) groups excluding carboxylic acids is 1. The van der Waals surface area contributed by atoms with Crippen LogP contribution in [0.5, 0.6) is 0 Å². The van der Waals surface area contributed by atoms with Gasteiger partial charge >= 0.3 is 0 Å². The van der Waals surface area contributed by atoms with E-state index in [1.54, 1.807) is 12.0 Å². The van der Waals surface area contributed by atoms with Crippen molar-refractivity contribution in [3.05, 3.63) is 29.6 Å². The minimum absolute atomic E-state index is 0.145. The SMILES string of the molecule is COCC1(c2noc(-c3ccc4c(c3)CCC(=O)N4C)n2)CCOCC1. The molecule has 1 amide bonds. The number of rotatable bonds is 4. The third kappa shape index (κ3) is 2.91. The lowest BCUT2D eigenvalue weighted by Gasteiger charge is -2.33. The molecule has 2 aromatic rings. The summed E-state index contributed by atoms with van der Waals surface area (Å²) in [5.74, 6) is 1.33. The summed E-state index contributed by atoms with van der Waals surface area (Å²) in [5, 5.41) is 4.26. The van der Waals surface area contributed by atoms with Crippen LogP contribution in [-0.4, -0.2) is 50.0 Å². The van der Waals surface area contributed by atoms with E-state index in [4.69, 9.17) is 14.0 Å². The van der Waals surface area contributed by atoms with Crippen LogP contribution in [-0.2, 0) is 26.1 Å². The van der Waals surface area contributed by atoms with Gasteiger partial charge in [-0.15, -0.1) is 0 Å². The Labute approximate surface area is 152 Å². The molecule has 0 N–H and O–H groups in total. The van der Waals surface area contributed by atoms with Crippen molar-refractivity contribution in [2.45, 2.75) is 31.1 Å². The number of nitrogens with zero attached hydrogens (tertiary/aromatic N) is 3. The summed E-state index contributed by atoms with van der Waals surface area (Å²) in [4.78, 5) is 18.2. The second-order valence-corrected chi connectivity index (χ2v) is 7.05. The molecule has 7 nitrogen and oxygen atoms in total. The number of carbonyl (C=O) groups is 1. The Morgan fingerprint density at radius 3 is 2.85 bits per heavy atom. The summed E-state index contributed by atoms with van der Waals surface area (Å²) in [6, 6.07) is 5.92. The maximum absolute atomic E-state index is 11.9. The summed E-state index contributed by atoms with van der Waals surface area (Å²) >= 11 is 0. The van der Waals surface area contributed by atoms with Gasteiger partial charge < -0.3 is 18.9 Å². The van der Waals surface area contributed by atoms with Crippen molar-refractivity contribution < 1.29 is 18.8 Å². The standard InChI is InChI=1S/C19H23N3O4/c1-22-15-5-3-14(11-13(15)4-6-16(22)23)17-20-18(21-26-17)19(12-24-2)7-9-25-10-8-19/h3,5,11H,4,6-10,12H2,1-2H3. The van der Waals surface area contributed by atoms with E-state index in [1.165, 1.54) is 0 Å².